The van der Waals surface area contributed by atoms with Crippen molar-refractivity contribution in [1.29, 1.82) is 0 Å². The SMILES string of the molecule is O=C(C1CCN(c2ccccn2)CC1)N1N=CCC1c1ccccc1. The number of hydrogen-bond acceptors (Lipinski definition) is 4. The molecule has 0 spiro atoms. The van der Waals surface area contributed by atoms with Crippen LogP contribution in [0, 0.1) is 5.92 Å². The van der Waals surface area contributed by atoms with Gasteiger partial charge in [0.1, 0.15) is 5.82 Å². The van der Waals surface area contributed by atoms with Crippen LogP contribution in [0.4, 0.5) is 5.82 Å². The van der Waals surface area contributed by atoms with Crippen LogP contribution < -0.4 is 4.90 Å². The number of pyridine rings is 1. The van der Waals surface area contributed by atoms with E-state index < -0.39 is 0 Å². The summed E-state index contributed by atoms with van der Waals surface area (Å²) >= 11 is 0. The van der Waals surface area contributed by atoms with Crippen LogP contribution in [-0.4, -0.2) is 35.2 Å². The first kappa shape index (κ1) is 15.8. The van der Waals surface area contributed by atoms with Crippen molar-refractivity contribution in [2.45, 2.75) is 25.3 Å². The number of amides is 1. The number of hydrazone groups is 1. The number of anilines is 1. The molecule has 5 heteroatoms. The van der Waals surface area contributed by atoms with Crippen molar-refractivity contribution < 1.29 is 4.79 Å². The maximum Gasteiger partial charge on any atom is 0.246 e. The largest absolute Gasteiger partial charge is 0.357 e. The van der Waals surface area contributed by atoms with E-state index in [1.165, 1.54) is 0 Å². The lowest BCUT2D eigenvalue weighted by Crippen LogP contribution is -2.41. The molecular weight excluding hydrogens is 312 g/mol. The fourth-order valence-electron chi connectivity index (χ4n) is 3.66. The number of nitrogens with zero attached hydrogens (tertiary/aromatic N) is 4. The minimum atomic E-state index is 0.0430. The molecule has 128 valence electrons. The smallest absolute Gasteiger partial charge is 0.246 e. The van der Waals surface area contributed by atoms with Crippen molar-refractivity contribution in [3.8, 4) is 0 Å². The molecule has 1 atom stereocenters. The Morgan fingerprint density at radius 2 is 1.76 bits per heavy atom. The van der Waals surface area contributed by atoms with Gasteiger partial charge in [-0.2, -0.15) is 5.10 Å². The molecule has 0 N–H and O–H groups in total. The number of aromatic nitrogens is 1. The molecule has 1 fully saturated rings. The molecule has 25 heavy (non-hydrogen) atoms. The number of carbonyl (C=O) groups excluding carboxylic acids is 1. The van der Waals surface area contributed by atoms with Crippen molar-refractivity contribution in [3.05, 3.63) is 60.3 Å². The third-order valence-corrected chi connectivity index (χ3v) is 5.06. The van der Waals surface area contributed by atoms with Crippen LogP contribution in [0.25, 0.3) is 0 Å². The van der Waals surface area contributed by atoms with Crippen LogP contribution in [0.15, 0.2) is 59.8 Å². The number of benzene rings is 1. The summed E-state index contributed by atoms with van der Waals surface area (Å²) in [5.41, 5.74) is 1.15. The summed E-state index contributed by atoms with van der Waals surface area (Å²) in [5, 5.41) is 6.08. The Hall–Kier alpha value is -2.69. The molecule has 1 amide bonds. The van der Waals surface area contributed by atoms with Gasteiger partial charge in [0.05, 0.1) is 6.04 Å². The first-order valence-corrected chi connectivity index (χ1v) is 8.89. The minimum Gasteiger partial charge on any atom is -0.357 e. The minimum absolute atomic E-state index is 0.0430. The molecule has 0 bridgehead atoms. The van der Waals surface area contributed by atoms with E-state index >= 15 is 0 Å². The van der Waals surface area contributed by atoms with E-state index in [0.717, 1.165) is 43.7 Å². The molecule has 1 aromatic carbocycles. The highest BCUT2D eigenvalue weighted by Gasteiger charge is 2.34. The summed E-state index contributed by atoms with van der Waals surface area (Å²) in [7, 11) is 0. The van der Waals surface area contributed by atoms with Gasteiger partial charge in [-0.3, -0.25) is 4.79 Å². The van der Waals surface area contributed by atoms with Gasteiger partial charge in [0.25, 0.3) is 0 Å². The Bertz CT molecular complexity index is 739. The van der Waals surface area contributed by atoms with E-state index in [0.29, 0.717) is 0 Å². The summed E-state index contributed by atoms with van der Waals surface area (Å²) in [4.78, 5) is 19.7. The van der Waals surface area contributed by atoms with Gasteiger partial charge in [0.2, 0.25) is 5.91 Å². The zero-order valence-corrected chi connectivity index (χ0v) is 14.2. The highest BCUT2D eigenvalue weighted by Crippen LogP contribution is 2.32. The van der Waals surface area contributed by atoms with Gasteiger partial charge in [0, 0.05) is 37.8 Å². The van der Waals surface area contributed by atoms with Gasteiger partial charge in [-0.15, -0.1) is 0 Å². The van der Waals surface area contributed by atoms with Gasteiger partial charge >= 0.3 is 0 Å². The third kappa shape index (κ3) is 3.27. The average molecular weight is 334 g/mol. The molecule has 2 aliphatic rings. The Morgan fingerprint density at radius 3 is 2.48 bits per heavy atom. The Balaban J connectivity index is 1.41. The molecule has 1 unspecified atom stereocenters. The zero-order chi connectivity index (χ0) is 17.1. The monoisotopic (exact) mass is 334 g/mol. The third-order valence-electron chi connectivity index (χ3n) is 5.06. The molecule has 0 saturated carbocycles. The maximum absolute atomic E-state index is 13.0. The number of carbonyl (C=O) groups is 1. The zero-order valence-electron chi connectivity index (χ0n) is 14.2. The van der Waals surface area contributed by atoms with Crippen LogP contribution >= 0.6 is 0 Å². The van der Waals surface area contributed by atoms with E-state index in [-0.39, 0.29) is 17.9 Å². The van der Waals surface area contributed by atoms with E-state index in [2.05, 4.69) is 27.1 Å². The second-order valence-corrected chi connectivity index (χ2v) is 6.59. The first-order chi connectivity index (χ1) is 12.3. The van der Waals surface area contributed by atoms with Crippen LogP contribution in [0.1, 0.15) is 30.9 Å². The standard InChI is InChI=1S/C20H22N4O/c25-20(24-18(9-13-22-24)16-6-2-1-3-7-16)17-10-14-23(15-11-17)19-8-4-5-12-21-19/h1-8,12-13,17-18H,9-11,14-15H2. The summed E-state index contributed by atoms with van der Waals surface area (Å²) in [6.45, 7) is 1.72. The van der Waals surface area contributed by atoms with Gasteiger partial charge in [0.15, 0.2) is 0 Å². The van der Waals surface area contributed by atoms with Crippen LogP contribution in [0.5, 0.6) is 0 Å². The van der Waals surface area contributed by atoms with Gasteiger partial charge in [-0.25, -0.2) is 9.99 Å². The molecule has 0 aliphatic carbocycles. The normalized spacial score (nSPS) is 20.9. The molecule has 2 aromatic rings. The molecule has 5 nitrogen and oxygen atoms in total. The molecule has 2 aliphatic heterocycles. The second-order valence-electron chi connectivity index (χ2n) is 6.59. The number of rotatable bonds is 3. The molecule has 4 rings (SSSR count). The highest BCUT2D eigenvalue weighted by molar-refractivity contribution is 5.82. The van der Waals surface area contributed by atoms with Gasteiger partial charge in [-0.05, 0) is 30.5 Å². The van der Waals surface area contributed by atoms with Crippen molar-refractivity contribution in [2.75, 3.05) is 18.0 Å². The Labute approximate surface area is 148 Å². The fourth-order valence-corrected chi connectivity index (χ4v) is 3.66. The summed E-state index contributed by atoms with van der Waals surface area (Å²) in [6.07, 6.45) is 6.17. The molecule has 1 saturated heterocycles. The molecular formula is C20H22N4O. The Morgan fingerprint density at radius 1 is 1.00 bits per heavy atom. The first-order valence-electron chi connectivity index (χ1n) is 8.89. The van der Waals surface area contributed by atoms with Gasteiger partial charge in [-0.1, -0.05) is 36.4 Å². The quantitative estimate of drug-likeness (QED) is 0.866. The summed E-state index contributed by atoms with van der Waals surface area (Å²) in [5.74, 6) is 1.19. The van der Waals surface area contributed by atoms with Crippen LogP contribution in [-0.2, 0) is 4.79 Å². The van der Waals surface area contributed by atoms with Crippen molar-refractivity contribution >= 4 is 17.9 Å². The van der Waals surface area contributed by atoms with E-state index in [1.54, 1.807) is 5.01 Å². The number of piperidine rings is 1. The van der Waals surface area contributed by atoms with Crippen LogP contribution in [0.3, 0.4) is 0 Å². The van der Waals surface area contributed by atoms with Crippen molar-refractivity contribution in [2.24, 2.45) is 11.0 Å². The Kier molecular flexibility index (Phi) is 4.46. The predicted molar refractivity (Wildman–Crippen MR) is 98.3 cm³/mol. The molecule has 3 heterocycles. The fraction of sp³-hybridized carbons (Fsp3) is 0.350. The highest BCUT2D eigenvalue weighted by atomic mass is 16.2. The van der Waals surface area contributed by atoms with Crippen molar-refractivity contribution in [1.82, 2.24) is 9.99 Å². The van der Waals surface area contributed by atoms with E-state index in [9.17, 15) is 4.79 Å². The van der Waals surface area contributed by atoms with Gasteiger partial charge < -0.3 is 4.90 Å². The lowest BCUT2D eigenvalue weighted by molar-refractivity contribution is -0.138. The molecule has 0 radical (unpaired) electrons. The topological polar surface area (TPSA) is 48.8 Å². The van der Waals surface area contributed by atoms with Crippen molar-refractivity contribution in [3.63, 3.8) is 0 Å². The predicted octanol–water partition coefficient (Wildman–Crippen LogP) is 3.26. The van der Waals surface area contributed by atoms with E-state index in [4.69, 9.17) is 0 Å². The lowest BCUT2D eigenvalue weighted by Gasteiger charge is -2.34. The summed E-state index contributed by atoms with van der Waals surface area (Å²) < 4.78 is 0. The maximum atomic E-state index is 13.0. The lowest BCUT2D eigenvalue weighted by atomic mass is 9.94. The average Bonchev–Trinajstić information content (AvgIpc) is 3.19. The molecule has 1 aromatic heterocycles. The van der Waals surface area contributed by atoms with Crippen LogP contribution in [0.2, 0.25) is 0 Å². The van der Waals surface area contributed by atoms with E-state index in [1.807, 2.05) is 48.8 Å². The number of hydrogen-bond donors (Lipinski definition) is 0. The summed E-state index contributed by atoms with van der Waals surface area (Å²) in [6, 6.07) is 16.2. The second kappa shape index (κ2) is 7.05.